The molecule has 1 N–H and O–H groups in total. The van der Waals surface area contributed by atoms with Crippen molar-refractivity contribution in [2.24, 2.45) is 5.92 Å². The Balaban J connectivity index is 1.57. The fraction of sp³-hybridized carbons (Fsp3) is 0.391. The summed E-state index contributed by atoms with van der Waals surface area (Å²) >= 11 is 1.40. The summed E-state index contributed by atoms with van der Waals surface area (Å²) in [6.45, 7) is 9.22. The second-order valence-electron chi connectivity index (χ2n) is 7.70. The summed E-state index contributed by atoms with van der Waals surface area (Å²) in [6.07, 6.45) is 4.54. The van der Waals surface area contributed by atoms with Crippen LogP contribution in [0, 0.1) is 5.92 Å². The molecule has 6 nitrogen and oxygen atoms in total. The topological polar surface area (TPSA) is 72.7 Å². The molecule has 1 atom stereocenters. The van der Waals surface area contributed by atoms with Gasteiger partial charge in [0.2, 0.25) is 5.91 Å². The van der Waals surface area contributed by atoms with E-state index < -0.39 is 0 Å². The van der Waals surface area contributed by atoms with Crippen LogP contribution < -0.4 is 5.32 Å². The minimum absolute atomic E-state index is 0.0186. The van der Waals surface area contributed by atoms with Gasteiger partial charge in [0, 0.05) is 24.5 Å². The predicted octanol–water partition coefficient (Wildman–Crippen LogP) is 4.53. The maximum absolute atomic E-state index is 12.5. The van der Waals surface area contributed by atoms with E-state index in [2.05, 4.69) is 58.6 Å². The van der Waals surface area contributed by atoms with Crippen LogP contribution in [-0.4, -0.2) is 31.4 Å². The first-order valence-corrected chi connectivity index (χ1v) is 11.3. The smallest absolute Gasteiger partial charge is 0.230 e. The molecule has 3 rings (SSSR count). The fourth-order valence-corrected chi connectivity index (χ4v) is 4.12. The van der Waals surface area contributed by atoms with E-state index in [1.54, 1.807) is 12.4 Å². The number of nitrogens with zero attached hydrogens (tertiary/aromatic N) is 4. The summed E-state index contributed by atoms with van der Waals surface area (Å²) in [6, 6.07) is 12.3. The molecule has 0 fully saturated rings. The van der Waals surface area contributed by atoms with Crippen molar-refractivity contribution >= 4 is 17.7 Å². The van der Waals surface area contributed by atoms with Gasteiger partial charge in [0.1, 0.15) is 0 Å². The SMILES string of the molecule is CCn1c(SCC(=O)NC(C)c2ccc(CC(C)C)cc2)nnc1-c1ccncc1. The lowest BCUT2D eigenvalue weighted by Crippen LogP contribution is -2.28. The number of hydrogen-bond donors (Lipinski definition) is 1. The standard InChI is InChI=1S/C23H29N5OS/c1-5-28-22(20-10-12-24-13-11-20)26-27-23(28)30-15-21(29)25-17(4)19-8-6-18(7-9-19)14-16(2)3/h6-13,16-17H,5,14-15H2,1-4H3,(H,25,29). The third-order valence-corrected chi connectivity index (χ3v) is 5.77. The van der Waals surface area contributed by atoms with Crippen LogP contribution in [0.2, 0.25) is 0 Å². The first kappa shape index (κ1) is 22.0. The molecule has 30 heavy (non-hydrogen) atoms. The normalized spacial score (nSPS) is 12.2. The number of rotatable bonds is 9. The molecule has 0 spiro atoms. The van der Waals surface area contributed by atoms with E-state index in [-0.39, 0.29) is 11.9 Å². The molecule has 1 unspecified atom stereocenters. The summed E-state index contributed by atoms with van der Waals surface area (Å²) in [5, 5.41) is 12.4. The Hall–Kier alpha value is -2.67. The van der Waals surface area contributed by atoms with Crippen LogP contribution in [0.3, 0.4) is 0 Å². The number of thioether (sulfide) groups is 1. The van der Waals surface area contributed by atoms with Crippen molar-refractivity contribution in [2.45, 2.75) is 51.9 Å². The van der Waals surface area contributed by atoms with Gasteiger partial charge in [0.05, 0.1) is 11.8 Å². The highest BCUT2D eigenvalue weighted by Gasteiger charge is 2.16. The molecule has 2 heterocycles. The maximum Gasteiger partial charge on any atom is 0.230 e. The Morgan fingerprint density at radius 3 is 2.40 bits per heavy atom. The third-order valence-electron chi connectivity index (χ3n) is 4.81. The van der Waals surface area contributed by atoms with Crippen molar-refractivity contribution in [3.63, 3.8) is 0 Å². The number of carbonyl (C=O) groups excluding carboxylic acids is 1. The van der Waals surface area contributed by atoms with Gasteiger partial charge in [-0.15, -0.1) is 10.2 Å². The van der Waals surface area contributed by atoms with E-state index in [4.69, 9.17) is 0 Å². The third kappa shape index (κ3) is 5.69. The summed E-state index contributed by atoms with van der Waals surface area (Å²) in [7, 11) is 0. The molecule has 1 aromatic carbocycles. The number of hydrogen-bond acceptors (Lipinski definition) is 5. The van der Waals surface area contributed by atoms with Gasteiger partial charge in [-0.3, -0.25) is 9.78 Å². The summed E-state index contributed by atoms with van der Waals surface area (Å²) in [5.74, 6) is 1.70. The van der Waals surface area contributed by atoms with Crippen LogP contribution in [0.4, 0.5) is 0 Å². The van der Waals surface area contributed by atoms with E-state index in [9.17, 15) is 4.79 Å². The monoisotopic (exact) mass is 423 g/mol. The van der Waals surface area contributed by atoms with Crippen molar-refractivity contribution in [1.82, 2.24) is 25.1 Å². The first-order valence-electron chi connectivity index (χ1n) is 10.3. The molecule has 0 aliphatic rings. The second kappa shape index (κ2) is 10.4. The van der Waals surface area contributed by atoms with Crippen LogP contribution >= 0.6 is 11.8 Å². The van der Waals surface area contributed by atoms with E-state index >= 15 is 0 Å². The van der Waals surface area contributed by atoms with Gasteiger partial charge >= 0.3 is 0 Å². The zero-order valence-corrected chi connectivity index (χ0v) is 18.8. The molecule has 7 heteroatoms. The molecule has 0 bridgehead atoms. The fourth-order valence-electron chi connectivity index (χ4n) is 3.31. The first-order chi connectivity index (χ1) is 14.5. The zero-order valence-electron chi connectivity index (χ0n) is 18.0. The predicted molar refractivity (Wildman–Crippen MR) is 121 cm³/mol. The number of benzene rings is 1. The van der Waals surface area contributed by atoms with Crippen molar-refractivity contribution < 1.29 is 4.79 Å². The van der Waals surface area contributed by atoms with E-state index in [1.165, 1.54) is 17.3 Å². The molecule has 158 valence electrons. The van der Waals surface area contributed by atoms with Gasteiger partial charge < -0.3 is 9.88 Å². The zero-order chi connectivity index (χ0) is 21.5. The van der Waals surface area contributed by atoms with Crippen LogP contribution in [-0.2, 0) is 17.8 Å². The molecule has 0 saturated heterocycles. The molecule has 0 radical (unpaired) electrons. The minimum Gasteiger partial charge on any atom is -0.349 e. The van der Waals surface area contributed by atoms with Crippen LogP contribution in [0.1, 0.15) is 44.9 Å². The summed E-state index contributed by atoms with van der Waals surface area (Å²) < 4.78 is 2.02. The molecular weight excluding hydrogens is 394 g/mol. The molecule has 3 aromatic rings. The average Bonchev–Trinajstić information content (AvgIpc) is 3.16. The van der Waals surface area contributed by atoms with Gasteiger partial charge in [0.15, 0.2) is 11.0 Å². The van der Waals surface area contributed by atoms with Gasteiger partial charge in [0.25, 0.3) is 0 Å². The Labute approximate surface area is 182 Å². The molecule has 0 aliphatic carbocycles. The molecule has 1 amide bonds. The maximum atomic E-state index is 12.5. The second-order valence-corrected chi connectivity index (χ2v) is 8.65. The van der Waals surface area contributed by atoms with Gasteiger partial charge in [-0.2, -0.15) is 0 Å². The number of aromatic nitrogens is 4. The Morgan fingerprint density at radius 2 is 1.77 bits per heavy atom. The minimum atomic E-state index is -0.0392. The highest BCUT2D eigenvalue weighted by atomic mass is 32.2. The molecule has 2 aromatic heterocycles. The highest BCUT2D eigenvalue weighted by Crippen LogP contribution is 2.23. The van der Waals surface area contributed by atoms with Crippen molar-refractivity contribution in [3.8, 4) is 11.4 Å². The Bertz CT molecular complexity index is 953. The highest BCUT2D eigenvalue weighted by molar-refractivity contribution is 7.99. The molecule has 0 aliphatic heterocycles. The number of carbonyl (C=O) groups is 1. The van der Waals surface area contributed by atoms with Gasteiger partial charge in [-0.25, -0.2) is 0 Å². The average molecular weight is 424 g/mol. The Kier molecular flexibility index (Phi) is 7.63. The number of pyridine rings is 1. The lowest BCUT2D eigenvalue weighted by atomic mass is 10.00. The quantitative estimate of drug-likeness (QED) is 0.512. The van der Waals surface area contributed by atoms with E-state index in [0.717, 1.165) is 35.1 Å². The van der Waals surface area contributed by atoms with Gasteiger partial charge in [-0.05, 0) is 49.4 Å². The van der Waals surface area contributed by atoms with E-state index in [1.807, 2.05) is 30.5 Å². The number of amides is 1. The van der Waals surface area contributed by atoms with Crippen LogP contribution in [0.5, 0.6) is 0 Å². The lowest BCUT2D eigenvalue weighted by molar-refractivity contribution is -0.119. The summed E-state index contributed by atoms with van der Waals surface area (Å²) in [4.78, 5) is 16.5. The molecular formula is C23H29N5OS. The number of nitrogens with one attached hydrogen (secondary N) is 1. The largest absolute Gasteiger partial charge is 0.349 e. The Morgan fingerprint density at radius 1 is 1.07 bits per heavy atom. The lowest BCUT2D eigenvalue weighted by Gasteiger charge is -2.15. The van der Waals surface area contributed by atoms with Crippen molar-refractivity contribution in [2.75, 3.05) is 5.75 Å². The molecule has 0 saturated carbocycles. The van der Waals surface area contributed by atoms with Crippen LogP contribution in [0.25, 0.3) is 11.4 Å². The van der Waals surface area contributed by atoms with Crippen molar-refractivity contribution in [3.05, 3.63) is 59.9 Å². The van der Waals surface area contributed by atoms with Gasteiger partial charge in [-0.1, -0.05) is 49.9 Å². The van der Waals surface area contributed by atoms with Crippen LogP contribution in [0.15, 0.2) is 53.9 Å². The van der Waals surface area contributed by atoms with E-state index in [0.29, 0.717) is 11.7 Å². The van der Waals surface area contributed by atoms with Crippen molar-refractivity contribution in [1.29, 1.82) is 0 Å². The summed E-state index contributed by atoms with van der Waals surface area (Å²) in [5.41, 5.74) is 3.40.